The lowest BCUT2D eigenvalue weighted by Gasteiger charge is -1.93. The number of aryl methyl sites for hydroxylation is 2. The molecule has 0 N–H and O–H groups in total. The van der Waals surface area contributed by atoms with Gasteiger partial charge in [-0.15, -0.1) is 0 Å². The fourth-order valence-corrected chi connectivity index (χ4v) is 1.03. The lowest BCUT2D eigenvalue weighted by atomic mass is 10.2. The molecule has 0 saturated carbocycles. The number of hydrogen-bond acceptors (Lipinski definition) is 3. The van der Waals surface area contributed by atoms with E-state index in [1.807, 2.05) is 13.8 Å². The van der Waals surface area contributed by atoms with Gasteiger partial charge in [-0.1, -0.05) is 12.1 Å². The molecule has 60 valence electrons. The first kappa shape index (κ1) is 7.98. The van der Waals surface area contributed by atoms with Crippen molar-refractivity contribution in [3.63, 3.8) is 0 Å². The van der Waals surface area contributed by atoms with Crippen LogP contribution in [0, 0.1) is 6.92 Å². The van der Waals surface area contributed by atoms with Crippen molar-refractivity contribution in [3.05, 3.63) is 17.0 Å². The van der Waals surface area contributed by atoms with E-state index < -0.39 is 0 Å². The molecule has 0 saturated heterocycles. The van der Waals surface area contributed by atoms with E-state index >= 15 is 0 Å². The molecule has 0 aromatic carbocycles. The smallest absolute Gasteiger partial charge is 0.141 e. The Morgan fingerprint density at radius 1 is 1.64 bits per heavy atom. The van der Waals surface area contributed by atoms with Crippen molar-refractivity contribution >= 4 is 6.72 Å². The molecule has 1 rings (SSSR count). The van der Waals surface area contributed by atoms with Crippen molar-refractivity contribution in [2.75, 3.05) is 0 Å². The minimum atomic E-state index is 0.610. The van der Waals surface area contributed by atoms with Crippen LogP contribution in [0.5, 0.6) is 0 Å². The van der Waals surface area contributed by atoms with Gasteiger partial charge < -0.3 is 4.52 Å². The number of rotatable bonds is 3. The standard InChI is InChI=1S/C8H12N2O/c1-4-8-7(5-9-3)6(2)10-11-8/h3-5H2,1-2H3. The highest BCUT2D eigenvalue weighted by Gasteiger charge is 2.08. The molecule has 1 heterocycles. The normalized spacial score (nSPS) is 10.0. The minimum absolute atomic E-state index is 0.610. The largest absolute Gasteiger partial charge is 0.361 e. The summed E-state index contributed by atoms with van der Waals surface area (Å²) in [4.78, 5) is 3.80. The van der Waals surface area contributed by atoms with E-state index in [2.05, 4.69) is 16.9 Å². The summed E-state index contributed by atoms with van der Waals surface area (Å²) in [7, 11) is 0. The molecule has 3 heteroatoms. The highest BCUT2D eigenvalue weighted by molar-refractivity contribution is 5.27. The Bertz CT molecular complexity index is 253. The van der Waals surface area contributed by atoms with Gasteiger partial charge in [-0.05, 0) is 13.6 Å². The average molecular weight is 152 g/mol. The summed E-state index contributed by atoms with van der Waals surface area (Å²) in [6.07, 6.45) is 0.867. The van der Waals surface area contributed by atoms with Crippen LogP contribution < -0.4 is 0 Å². The van der Waals surface area contributed by atoms with Gasteiger partial charge in [-0.25, -0.2) is 0 Å². The highest BCUT2D eigenvalue weighted by Crippen LogP contribution is 2.14. The highest BCUT2D eigenvalue weighted by atomic mass is 16.5. The zero-order valence-corrected chi connectivity index (χ0v) is 6.92. The van der Waals surface area contributed by atoms with Crippen LogP contribution in [0.2, 0.25) is 0 Å². The van der Waals surface area contributed by atoms with Crippen LogP contribution in [0.1, 0.15) is 23.9 Å². The first-order chi connectivity index (χ1) is 5.29. The van der Waals surface area contributed by atoms with Gasteiger partial charge in [-0.3, -0.25) is 4.99 Å². The van der Waals surface area contributed by atoms with Crippen molar-refractivity contribution in [2.24, 2.45) is 4.99 Å². The molecule has 0 spiro atoms. The van der Waals surface area contributed by atoms with Crippen molar-refractivity contribution in [2.45, 2.75) is 26.8 Å². The molecule has 11 heavy (non-hydrogen) atoms. The summed E-state index contributed by atoms with van der Waals surface area (Å²) in [6, 6.07) is 0. The van der Waals surface area contributed by atoms with Gasteiger partial charge in [0, 0.05) is 12.0 Å². The van der Waals surface area contributed by atoms with Crippen LogP contribution in [-0.2, 0) is 13.0 Å². The third-order valence-corrected chi connectivity index (χ3v) is 1.66. The van der Waals surface area contributed by atoms with Gasteiger partial charge in [0.05, 0.1) is 12.2 Å². The molecular weight excluding hydrogens is 140 g/mol. The van der Waals surface area contributed by atoms with Gasteiger partial charge in [0.1, 0.15) is 5.76 Å². The van der Waals surface area contributed by atoms with E-state index in [1.54, 1.807) is 0 Å². The molecule has 0 aliphatic carbocycles. The Morgan fingerprint density at radius 2 is 2.36 bits per heavy atom. The summed E-state index contributed by atoms with van der Waals surface area (Å²) >= 11 is 0. The lowest BCUT2D eigenvalue weighted by molar-refractivity contribution is 0.382. The summed E-state index contributed by atoms with van der Waals surface area (Å²) in [6.45, 7) is 8.00. The Kier molecular flexibility index (Phi) is 2.41. The van der Waals surface area contributed by atoms with E-state index in [1.165, 1.54) is 0 Å². The maximum absolute atomic E-state index is 5.06. The summed E-state index contributed by atoms with van der Waals surface area (Å²) in [5.74, 6) is 0.926. The van der Waals surface area contributed by atoms with Crippen molar-refractivity contribution in [1.29, 1.82) is 0 Å². The van der Waals surface area contributed by atoms with Gasteiger partial charge in [0.25, 0.3) is 0 Å². The van der Waals surface area contributed by atoms with Crippen LogP contribution in [0.15, 0.2) is 9.52 Å². The quantitative estimate of drug-likeness (QED) is 0.619. The van der Waals surface area contributed by atoms with E-state index in [0.717, 1.165) is 23.4 Å². The van der Waals surface area contributed by atoms with E-state index in [4.69, 9.17) is 4.52 Å². The van der Waals surface area contributed by atoms with Gasteiger partial charge >= 0.3 is 0 Å². The molecule has 1 aromatic rings. The third kappa shape index (κ3) is 1.48. The molecule has 0 aliphatic heterocycles. The SMILES string of the molecule is C=NCc1c(C)noc1CC. The zero-order chi connectivity index (χ0) is 8.27. The number of aliphatic imine (C=N–C) groups is 1. The first-order valence-electron chi connectivity index (χ1n) is 3.66. The predicted molar refractivity (Wildman–Crippen MR) is 43.9 cm³/mol. The Balaban J connectivity index is 2.96. The van der Waals surface area contributed by atoms with Crippen LogP contribution >= 0.6 is 0 Å². The second-order valence-electron chi connectivity index (χ2n) is 2.40. The fraction of sp³-hybridized carbons (Fsp3) is 0.500. The van der Waals surface area contributed by atoms with Gasteiger partial charge in [0.2, 0.25) is 0 Å². The van der Waals surface area contributed by atoms with Gasteiger partial charge in [0.15, 0.2) is 0 Å². The third-order valence-electron chi connectivity index (χ3n) is 1.66. The molecule has 0 atom stereocenters. The fourth-order valence-electron chi connectivity index (χ4n) is 1.03. The number of hydrogen-bond donors (Lipinski definition) is 0. The second-order valence-corrected chi connectivity index (χ2v) is 2.40. The molecule has 0 aliphatic rings. The number of aromatic nitrogens is 1. The van der Waals surface area contributed by atoms with E-state index in [9.17, 15) is 0 Å². The molecule has 1 aromatic heterocycles. The second kappa shape index (κ2) is 3.32. The Morgan fingerprint density at radius 3 is 2.91 bits per heavy atom. The maximum Gasteiger partial charge on any atom is 0.141 e. The minimum Gasteiger partial charge on any atom is -0.361 e. The first-order valence-corrected chi connectivity index (χ1v) is 3.66. The van der Waals surface area contributed by atoms with Crippen LogP contribution in [0.3, 0.4) is 0 Å². The van der Waals surface area contributed by atoms with Crippen LogP contribution in [0.25, 0.3) is 0 Å². The van der Waals surface area contributed by atoms with E-state index in [0.29, 0.717) is 6.54 Å². The molecule has 0 fully saturated rings. The lowest BCUT2D eigenvalue weighted by Crippen LogP contribution is -1.87. The molecule has 0 bridgehead atoms. The Labute approximate surface area is 66.1 Å². The van der Waals surface area contributed by atoms with E-state index in [-0.39, 0.29) is 0 Å². The van der Waals surface area contributed by atoms with Crippen molar-refractivity contribution in [1.82, 2.24) is 5.16 Å². The summed E-state index contributed by atoms with van der Waals surface area (Å²) in [5, 5.41) is 3.84. The zero-order valence-electron chi connectivity index (χ0n) is 6.92. The summed E-state index contributed by atoms with van der Waals surface area (Å²) in [5.41, 5.74) is 2.01. The predicted octanol–water partition coefficient (Wildman–Crippen LogP) is 1.75. The number of nitrogens with zero attached hydrogens (tertiary/aromatic N) is 2. The van der Waals surface area contributed by atoms with Crippen LogP contribution in [0.4, 0.5) is 0 Å². The molecule has 3 nitrogen and oxygen atoms in total. The summed E-state index contributed by atoms with van der Waals surface area (Å²) < 4.78 is 5.06. The van der Waals surface area contributed by atoms with Crippen molar-refractivity contribution in [3.8, 4) is 0 Å². The molecule has 0 amide bonds. The molecule has 0 radical (unpaired) electrons. The maximum atomic E-state index is 5.06. The van der Waals surface area contributed by atoms with Crippen molar-refractivity contribution < 1.29 is 4.52 Å². The van der Waals surface area contributed by atoms with Gasteiger partial charge in [-0.2, -0.15) is 0 Å². The molecular formula is C8H12N2O. The molecule has 0 unspecified atom stereocenters. The average Bonchev–Trinajstić information content (AvgIpc) is 2.34. The van der Waals surface area contributed by atoms with Crippen LogP contribution in [-0.4, -0.2) is 11.9 Å². The monoisotopic (exact) mass is 152 g/mol. The topological polar surface area (TPSA) is 38.4 Å². The Hall–Kier alpha value is -1.12.